The fourth-order valence-electron chi connectivity index (χ4n) is 3.34. The van der Waals surface area contributed by atoms with Crippen LogP contribution in [0.15, 0.2) is 65.0 Å². The minimum Gasteiger partial charge on any atom is -0.460 e. The zero-order valence-corrected chi connectivity index (χ0v) is 16.4. The average Bonchev–Trinajstić information content (AvgIpc) is 2.73. The van der Waals surface area contributed by atoms with Gasteiger partial charge in [0.05, 0.1) is 18.1 Å². The third-order valence-corrected chi connectivity index (χ3v) is 5.59. The Morgan fingerprint density at radius 1 is 1.24 bits per heavy atom. The Labute approximate surface area is 170 Å². The predicted molar refractivity (Wildman–Crippen MR) is 109 cm³/mol. The molecule has 148 valence electrons. The maximum Gasteiger partial charge on any atom is 0.340 e. The number of fused-ring (bicyclic) bond motifs is 3. The van der Waals surface area contributed by atoms with Crippen LogP contribution in [-0.4, -0.2) is 31.3 Å². The van der Waals surface area contributed by atoms with Crippen molar-refractivity contribution in [3.8, 4) is 5.75 Å². The SMILES string of the molecule is COCCOC(=O)C1=C(N)Oc2c(c(=O)sc3ccccc23)[C@@H]1c1cccnc1. The first-order valence-corrected chi connectivity index (χ1v) is 9.72. The lowest BCUT2D eigenvalue weighted by atomic mass is 9.84. The van der Waals surface area contributed by atoms with Crippen molar-refractivity contribution < 1.29 is 19.0 Å². The molecule has 2 N–H and O–H groups in total. The number of carbonyl (C=O) groups excluding carboxylic acids is 1. The van der Waals surface area contributed by atoms with Crippen LogP contribution in [0.3, 0.4) is 0 Å². The Morgan fingerprint density at radius 2 is 2.07 bits per heavy atom. The van der Waals surface area contributed by atoms with Crippen molar-refractivity contribution in [2.45, 2.75) is 5.92 Å². The topological polar surface area (TPSA) is 101 Å². The molecule has 0 fully saturated rings. The second-order valence-electron chi connectivity index (χ2n) is 6.36. The quantitative estimate of drug-likeness (QED) is 0.509. The maximum atomic E-state index is 13.1. The molecule has 1 atom stereocenters. The zero-order chi connectivity index (χ0) is 20.4. The van der Waals surface area contributed by atoms with Crippen molar-refractivity contribution >= 4 is 27.4 Å². The summed E-state index contributed by atoms with van der Waals surface area (Å²) in [6.45, 7) is 0.302. The fraction of sp³-hybridized carbons (Fsp3) is 0.190. The van der Waals surface area contributed by atoms with Crippen molar-refractivity contribution in [2.24, 2.45) is 5.73 Å². The number of nitrogens with two attached hydrogens (primary N) is 1. The minimum atomic E-state index is -0.740. The fourth-order valence-corrected chi connectivity index (χ4v) is 4.28. The summed E-state index contributed by atoms with van der Waals surface area (Å²) < 4.78 is 16.6. The van der Waals surface area contributed by atoms with E-state index in [1.807, 2.05) is 24.3 Å². The highest BCUT2D eigenvalue weighted by molar-refractivity contribution is 7.16. The van der Waals surface area contributed by atoms with Crippen LogP contribution < -0.4 is 15.2 Å². The van der Waals surface area contributed by atoms with Gasteiger partial charge in [-0.3, -0.25) is 9.78 Å². The monoisotopic (exact) mass is 410 g/mol. The van der Waals surface area contributed by atoms with E-state index in [0.717, 1.165) is 21.4 Å². The predicted octanol–water partition coefficient (Wildman–Crippen LogP) is 2.54. The zero-order valence-electron chi connectivity index (χ0n) is 15.6. The number of aromatic nitrogens is 1. The molecule has 4 rings (SSSR count). The molecule has 0 amide bonds. The van der Waals surface area contributed by atoms with Gasteiger partial charge in [-0.1, -0.05) is 29.5 Å². The Morgan fingerprint density at radius 3 is 2.83 bits per heavy atom. The standard InChI is InChI=1S/C21H18N2O5S/c1-26-9-10-27-20(24)17-15(12-5-4-8-23-11-12)16-18(28-19(17)22)13-6-2-3-7-14(13)29-21(16)25/h2-8,11,15H,9-10,22H2,1H3/t15-/m0/s1. The number of benzene rings is 1. The molecule has 0 aliphatic carbocycles. The second-order valence-corrected chi connectivity index (χ2v) is 7.37. The van der Waals surface area contributed by atoms with Crippen LogP contribution in [0.5, 0.6) is 5.75 Å². The lowest BCUT2D eigenvalue weighted by Gasteiger charge is -2.28. The molecule has 1 aliphatic rings. The van der Waals surface area contributed by atoms with E-state index < -0.39 is 11.9 Å². The van der Waals surface area contributed by atoms with Crippen LogP contribution in [-0.2, 0) is 14.3 Å². The van der Waals surface area contributed by atoms with E-state index in [4.69, 9.17) is 19.9 Å². The third kappa shape index (κ3) is 3.48. The number of hydrogen-bond acceptors (Lipinski definition) is 8. The van der Waals surface area contributed by atoms with Crippen LogP contribution in [0.4, 0.5) is 0 Å². The van der Waals surface area contributed by atoms with Crippen LogP contribution in [0.2, 0.25) is 0 Å². The largest absolute Gasteiger partial charge is 0.460 e. The van der Waals surface area contributed by atoms with Crippen LogP contribution >= 0.6 is 11.3 Å². The Balaban J connectivity index is 1.93. The van der Waals surface area contributed by atoms with E-state index in [1.54, 1.807) is 24.5 Å². The molecule has 3 heterocycles. The van der Waals surface area contributed by atoms with Gasteiger partial charge in [0.15, 0.2) is 0 Å². The Bertz CT molecular complexity index is 1160. The van der Waals surface area contributed by atoms with E-state index in [-0.39, 0.29) is 29.4 Å². The van der Waals surface area contributed by atoms with E-state index in [9.17, 15) is 9.59 Å². The highest BCUT2D eigenvalue weighted by Gasteiger charge is 2.38. The van der Waals surface area contributed by atoms with E-state index in [0.29, 0.717) is 16.9 Å². The summed E-state index contributed by atoms with van der Waals surface area (Å²) in [6, 6.07) is 10.9. The molecular weight excluding hydrogens is 392 g/mol. The van der Waals surface area contributed by atoms with Crippen molar-refractivity contribution in [2.75, 3.05) is 20.3 Å². The van der Waals surface area contributed by atoms with Gasteiger partial charge in [0, 0.05) is 29.6 Å². The summed E-state index contributed by atoms with van der Waals surface area (Å²) in [5, 5.41) is 0.760. The summed E-state index contributed by atoms with van der Waals surface area (Å²) in [6.07, 6.45) is 3.23. The highest BCUT2D eigenvalue weighted by Crippen LogP contribution is 2.44. The molecule has 0 radical (unpaired) electrons. The first-order chi connectivity index (χ1) is 14.1. The maximum absolute atomic E-state index is 13.1. The van der Waals surface area contributed by atoms with Gasteiger partial charge in [0.25, 0.3) is 0 Å². The van der Waals surface area contributed by atoms with E-state index in [2.05, 4.69) is 4.98 Å². The molecule has 3 aromatic rings. The van der Waals surface area contributed by atoms with Crippen LogP contribution in [0.25, 0.3) is 10.1 Å². The smallest absolute Gasteiger partial charge is 0.340 e. The van der Waals surface area contributed by atoms with Gasteiger partial charge in [0.1, 0.15) is 17.9 Å². The Hall–Kier alpha value is -3.23. The molecule has 7 nitrogen and oxygen atoms in total. The van der Waals surface area contributed by atoms with Gasteiger partial charge in [-0.2, -0.15) is 0 Å². The van der Waals surface area contributed by atoms with E-state index in [1.165, 1.54) is 7.11 Å². The van der Waals surface area contributed by atoms with Crippen LogP contribution in [0, 0.1) is 0 Å². The highest BCUT2D eigenvalue weighted by atomic mass is 32.1. The van der Waals surface area contributed by atoms with Gasteiger partial charge in [-0.15, -0.1) is 0 Å². The molecule has 0 spiro atoms. The number of nitrogens with zero attached hydrogens (tertiary/aromatic N) is 1. The summed E-state index contributed by atoms with van der Waals surface area (Å²) >= 11 is 1.10. The van der Waals surface area contributed by atoms with Crippen molar-refractivity contribution in [1.82, 2.24) is 4.98 Å². The minimum absolute atomic E-state index is 0.0588. The van der Waals surface area contributed by atoms with Crippen molar-refractivity contribution in [3.05, 3.63) is 80.9 Å². The van der Waals surface area contributed by atoms with Crippen molar-refractivity contribution in [1.29, 1.82) is 0 Å². The van der Waals surface area contributed by atoms with Crippen molar-refractivity contribution in [3.63, 3.8) is 0 Å². The number of ether oxygens (including phenoxy) is 3. The van der Waals surface area contributed by atoms with Gasteiger partial charge < -0.3 is 19.9 Å². The van der Waals surface area contributed by atoms with Gasteiger partial charge >= 0.3 is 5.97 Å². The summed E-state index contributed by atoms with van der Waals surface area (Å²) in [5.41, 5.74) is 7.27. The molecular formula is C21H18N2O5S. The number of hydrogen-bond donors (Lipinski definition) is 1. The number of methoxy groups -OCH3 is 1. The molecule has 1 aliphatic heterocycles. The Kier molecular flexibility index (Phi) is 5.28. The molecule has 2 aromatic heterocycles. The molecule has 29 heavy (non-hydrogen) atoms. The summed E-state index contributed by atoms with van der Waals surface area (Å²) in [7, 11) is 1.51. The molecule has 1 aromatic carbocycles. The lowest BCUT2D eigenvalue weighted by Crippen LogP contribution is -2.31. The first kappa shape index (κ1) is 19.1. The average molecular weight is 410 g/mol. The van der Waals surface area contributed by atoms with Gasteiger partial charge in [-0.25, -0.2) is 4.79 Å². The molecule has 8 heteroatoms. The molecule has 0 saturated heterocycles. The number of esters is 1. The summed E-state index contributed by atoms with van der Waals surface area (Å²) in [4.78, 5) is 30.1. The van der Waals surface area contributed by atoms with Gasteiger partial charge in [0.2, 0.25) is 10.6 Å². The second kappa shape index (κ2) is 8.02. The number of rotatable bonds is 5. The third-order valence-electron chi connectivity index (χ3n) is 4.61. The molecule has 0 saturated carbocycles. The lowest BCUT2D eigenvalue weighted by molar-refractivity contribution is -0.140. The summed E-state index contributed by atoms with van der Waals surface area (Å²) in [5.74, 6) is -1.12. The molecule has 0 bridgehead atoms. The number of carbonyl (C=O) groups is 1. The van der Waals surface area contributed by atoms with E-state index >= 15 is 0 Å². The first-order valence-electron chi connectivity index (χ1n) is 8.91. The normalized spacial score (nSPS) is 15.7. The number of pyridine rings is 1. The van der Waals surface area contributed by atoms with Crippen LogP contribution in [0.1, 0.15) is 17.0 Å². The van der Waals surface area contributed by atoms with Gasteiger partial charge in [-0.05, 0) is 23.8 Å². The molecule has 0 unspecified atom stereocenters.